The zero-order chi connectivity index (χ0) is 16.9. The number of fused-ring (bicyclic) bond motifs is 1. The Hall–Kier alpha value is -2.86. The van der Waals surface area contributed by atoms with E-state index >= 15 is 0 Å². The van der Waals surface area contributed by atoms with Crippen molar-refractivity contribution in [2.24, 2.45) is 0 Å². The summed E-state index contributed by atoms with van der Waals surface area (Å²) in [6.45, 7) is 1.70. The van der Waals surface area contributed by atoms with E-state index in [9.17, 15) is 9.90 Å². The Labute approximate surface area is 139 Å². The highest BCUT2D eigenvalue weighted by Gasteiger charge is 2.25. The number of aromatic amines is 1. The van der Waals surface area contributed by atoms with Gasteiger partial charge >= 0.3 is 5.97 Å². The number of nitrogens with one attached hydrogen (secondary N) is 2. The molecule has 0 aliphatic carbocycles. The summed E-state index contributed by atoms with van der Waals surface area (Å²) in [5.41, 5.74) is 1.60. The van der Waals surface area contributed by atoms with Crippen LogP contribution < -0.4 is 5.32 Å². The van der Waals surface area contributed by atoms with Crippen molar-refractivity contribution in [1.82, 2.24) is 9.97 Å². The van der Waals surface area contributed by atoms with Crippen LogP contribution in [0.25, 0.3) is 11.0 Å². The summed E-state index contributed by atoms with van der Waals surface area (Å²) < 4.78 is 5.30. The average Bonchev–Trinajstić information content (AvgIpc) is 3.06. The second-order valence-corrected chi connectivity index (χ2v) is 5.57. The largest absolute Gasteiger partial charge is 0.459 e. The van der Waals surface area contributed by atoms with Crippen LogP contribution in [0.2, 0.25) is 0 Å². The Bertz CT molecular complexity index is 815. The van der Waals surface area contributed by atoms with Crippen LogP contribution in [0, 0.1) is 0 Å². The molecule has 2 atom stereocenters. The van der Waals surface area contributed by atoms with E-state index in [0.29, 0.717) is 11.5 Å². The maximum atomic E-state index is 12.3. The van der Waals surface area contributed by atoms with Crippen LogP contribution in [0.4, 0.5) is 5.82 Å². The number of carbonyl (C=O) groups excluding carboxylic acids is 1. The van der Waals surface area contributed by atoms with Crippen LogP contribution in [-0.4, -0.2) is 33.2 Å². The van der Waals surface area contributed by atoms with Gasteiger partial charge in [-0.25, -0.2) is 9.78 Å². The molecule has 0 unspecified atom stereocenters. The molecule has 0 bridgehead atoms. The van der Waals surface area contributed by atoms with Gasteiger partial charge in [0.1, 0.15) is 18.1 Å². The van der Waals surface area contributed by atoms with E-state index in [-0.39, 0.29) is 6.61 Å². The lowest BCUT2D eigenvalue weighted by Crippen LogP contribution is -2.40. The summed E-state index contributed by atoms with van der Waals surface area (Å²) >= 11 is 0. The van der Waals surface area contributed by atoms with E-state index in [1.807, 2.05) is 42.5 Å². The molecule has 24 heavy (non-hydrogen) atoms. The molecule has 0 saturated carbocycles. The molecule has 6 nitrogen and oxygen atoms in total. The number of ether oxygens (including phenoxy) is 1. The third kappa shape index (κ3) is 3.72. The normalized spacial score (nSPS) is 13.4. The van der Waals surface area contributed by atoms with Gasteiger partial charge in [-0.1, -0.05) is 30.3 Å². The molecular weight excluding hydrogens is 306 g/mol. The number of anilines is 1. The number of aliphatic hydroxyl groups is 1. The molecule has 0 spiro atoms. The average molecular weight is 325 g/mol. The molecule has 0 saturated heterocycles. The number of rotatable bonds is 6. The summed E-state index contributed by atoms with van der Waals surface area (Å²) in [6.07, 6.45) is 0.872. The van der Waals surface area contributed by atoms with Crippen LogP contribution in [0.5, 0.6) is 0 Å². The number of carbonyl (C=O) groups is 1. The van der Waals surface area contributed by atoms with Gasteiger partial charge in [0.25, 0.3) is 0 Å². The van der Waals surface area contributed by atoms with Gasteiger partial charge in [-0.2, -0.15) is 0 Å². The number of aliphatic hydroxyl groups excluding tert-OH is 1. The molecule has 2 heterocycles. The smallest absolute Gasteiger partial charge is 0.331 e. The van der Waals surface area contributed by atoms with Crippen molar-refractivity contribution in [1.29, 1.82) is 0 Å². The van der Waals surface area contributed by atoms with Gasteiger partial charge in [-0.3, -0.25) is 0 Å². The zero-order valence-electron chi connectivity index (χ0n) is 13.3. The van der Waals surface area contributed by atoms with Crippen molar-refractivity contribution < 1.29 is 14.6 Å². The molecule has 124 valence electrons. The molecule has 1 aromatic carbocycles. The Balaban J connectivity index is 1.68. The number of hydrogen-bond donors (Lipinski definition) is 3. The van der Waals surface area contributed by atoms with Gasteiger partial charge in [-0.15, -0.1) is 0 Å². The van der Waals surface area contributed by atoms with Crippen molar-refractivity contribution in [3.63, 3.8) is 0 Å². The number of aromatic nitrogens is 2. The standard InChI is InChI=1S/C18H19N3O3/c1-12(22)16(18(23)24-11-13-5-3-2-4-6-13)20-15-8-7-14-9-10-19-17(14)21-15/h2-10,12,16,22H,11H2,1H3,(H2,19,20,21)/t12-,16+/m1/s1. The van der Waals surface area contributed by atoms with Crippen LogP contribution in [0.3, 0.4) is 0 Å². The van der Waals surface area contributed by atoms with E-state index in [1.165, 1.54) is 6.92 Å². The van der Waals surface area contributed by atoms with Gasteiger partial charge in [0.05, 0.1) is 6.10 Å². The monoisotopic (exact) mass is 325 g/mol. The van der Waals surface area contributed by atoms with E-state index in [2.05, 4.69) is 15.3 Å². The highest BCUT2D eigenvalue weighted by Crippen LogP contribution is 2.15. The Morgan fingerprint density at radius 2 is 2.04 bits per heavy atom. The van der Waals surface area contributed by atoms with Crippen molar-refractivity contribution >= 4 is 22.8 Å². The molecule has 2 aromatic heterocycles. The minimum atomic E-state index is -0.922. The lowest BCUT2D eigenvalue weighted by Gasteiger charge is -2.20. The number of H-pyrrole nitrogens is 1. The van der Waals surface area contributed by atoms with E-state index in [1.54, 1.807) is 12.3 Å². The molecule has 6 heteroatoms. The van der Waals surface area contributed by atoms with Gasteiger partial charge in [-0.05, 0) is 30.7 Å². The summed E-state index contributed by atoms with van der Waals surface area (Å²) in [7, 11) is 0. The summed E-state index contributed by atoms with van der Waals surface area (Å²) in [6, 6.07) is 14.1. The highest BCUT2D eigenvalue weighted by atomic mass is 16.5. The van der Waals surface area contributed by atoms with Crippen molar-refractivity contribution in [3.8, 4) is 0 Å². The first-order valence-electron chi connectivity index (χ1n) is 7.73. The quantitative estimate of drug-likeness (QED) is 0.606. The van der Waals surface area contributed by atoms with Crippen molar-refractivity contribution in [2.75, 3.05) is 5.32 Å². The molecule has 0 radical (unpaired) electrons. The van der Waals surface area contributed by atoms with Crippen molar-refractivity contribution in [2.45, 2.75) is 25.7 Å². The Morgan fingerprint density at radius 1 is 1.25 bits per heavy atom. The SMILES string of the molecule is C[C@@H](O)[C@H](Nc1ccc2cc[nH]c2n1)C(=O)OCc1ccccc1. The lowest BCUT2D eigenvalue weighted by molar-refractivity contribution is -0.148. The van der Waals surface area contributed by atoms with Crippen LogP contribution in [-0.2, 0) is 16.1 Å². The molecular formula is C18H19N3O3. The fourth-order valence-electron chi connectivity index (χ4n) is 2.37. The van der Waals surface area contributed by atoms with Crippen LogP contribution >= 0.6 is 0 Å². The molecule has 0 amide bonds. The molecule has 0 aliphatic heterocycles. The van der Waals surface area contributed by atoms with Crippen LogP contribution in [0.1, 0.15) is 12.5 Å². The summed E-state index contributed by atoms with van der Waals surface area (Å²) in [4.78, 5) is 19.7. The van der Waals surface area contributed by atoms with Gasteiger partial charge in [0.15, 0.2) is 6.04 Å². The molecule has 3 rings (SSSR count). The topological polar surface area (TPSA) is 87.2 Å². The second-order valence-electron chi connectivity index (χ2n) is 5.57. The molecule has 0 fully saturated rings. The first-order chi connectivity index (χ1) is 11.6. The molecule has 3 aromatic rings. The number of benzene rings is 1. The Kier molecular flexibility index (Phi) is 4.77. The highest BCUT2D eigenvalue weighted by molar-refractivity contribution is 5.81. The minimum Gasteiger partial charge on any atom is -0.459 e. The maximum Gasteiger partial charge on any atom is 0.331 e. The fraction of sp³-hybridized carbons (Fsp3) is 0.222. The number of nitrogens with zero attached hydrogens (tertiary/aromatic N) is 1. The third-order valence-corrected chi connectivity index (χ3v) is 3.67. The maximum absolute atomic E-state index is 12.3. The lowest BCUT2D eigenvalue weighted by atomic mass is 10.2. The number of pyridine rings is 1. The first-order valence-corrected chi connectivity index (χ1v) is 7.73. The van der Waals surface area contributed by atoms with E-state index < -0.39 is 18.1 Å². The predicted octanol–water partition coefficient (Wildman–Crippen LogP) is 2.47. The predicted molar refractivity (Wildman–Crippen MR) is 91.4 cm³/mol. The molecule has 0 aliphatic rings. The fourth-order valence-corrected chi connectivity index (χ4v) is 2.37. The summed E-state index contributed by atoms with van der Waals surface area (Å²) in [5.74, 6) is -0.0326. The number of esters is 1. The van der Waals surface area contributed by atoms with E-state index in [4.69, 9.17) is 4.74 Å². The van der Waals surface area contributed by atoms with E-state index in [0.717, 1.165) is 10.9 Å². The Morgan fingerprint density at radius 3 is 2.79 bits per heavy atom. The van der Waals surface area contributed by atoms with Crippen molar-refractivity contribution in [3.05, 3.63) is 60.3 Å². The van der Waals surface area contributed by atoms with Gasteiger partial charge < -0.3 is 20.1 Å². The van der Waals surface area contributed by atoms with Gasteiger partial charge in [0, 0.05) is 11.6 Å². The zero-order valence-corrected chi connectivity index (χ0v) is 13.3. The van der Waals surface area contributed by atoms with Crippen LogP contribution in [0.15, 0.2) is 54.7 Å². The molecule has 3 N–H and O–H groups in total. The first kappa shape index (κ1) is 16.0. The third-order valence-electron chi connectivity index (χ3n) is 3.67. The number of hydrogen-bond acceptors (Lipinski definition) is 5. The minimum absolute atomic E-state index is 0.160. The summed E-state index contributed by atoms with van der Waals surface area (Å²) in [5, 5.41) is 13.8. The van der Waals surface area contributed by atoms with Gasteiger partial charge in [0.2, 0.25) is 0 Å². The second kappa shape index (κ2) is 7.14.